The Kier molecular flexibility index (Phi) is 4.28. The Bertz CT molecular complexity index is 307. The minimum absolute atomic E-state index is 0.189. The van der Waals surface area contributed by atoms with E-state index in [1.807, 2.05) is 6.92 Å². The molecule has 0 aromatic heterocycles. The van der Waals surface area contributed by atoms with Gasteiger partial charge in [-0.3, -0.25) is 4.79 Å². The molecule has 1 saturated heterocycles. The Morgan fingerprint density at radius 1 is 1.50 bits per heavy atom. The number of carbonyl (C=O) groups is 1. The number of hydrogen-bond acceptors (Lipinski definition) is 4. The Morgan fingerprint density at radius 2 is 2.28 bits per heavy atom. The van der Waals surface area contributed by atoms with E-state index >= 15 is 0 Å². The Labute approximate surface area is 109 Å². The molecule has 18 heavy (non-hydrogen) atoms. The maximum absolute atomic E-state index is 12.1. The third-order valence-corrected chi connectivity index (χ3v) is 4.48. The predicted octanol–water partition coefficient (Wildman–Crippen LogP) is 1.72. The van der Waals surface area contributed by atoms with Crippen LogP contribution >= 0.6 is 0 Å². The largest absolute Gasteiger partial charge is 0.465 e. The lowest BCUT2D eigenvalue weighted by molar-refractivity contribution is -0.157. The van der Waals surface area contributed by atoms with Crippen LogP contribution in [0.1, 0.15) is 39.5 Å². The third kappa shape index (κ3) is 2.86. The molecule has 0 radical (unpaired) electrons. The highest BCUT2D eigenvalue weighted by Crippen LogP contribution is 2.31. The molecule has 0 amide bonds. The zero-order valence-corrected chi connectivity index (χ0v) is 11.5. The molecule has 1 aliphatic heterocycles. The molecule has 1 aliphatic carbocycles. The van der Waals surface area contributed by atoms with Crippen LogP contribution in [0.2, 0.25) is 0 Å². The van der Waals surface area contributed by atoms with E-state index in [1.165, 1.54) is 25.7 Å². The van der Waals surface area contributed by atoms with Gasteiger partial charge in [0.25, 0.3) is 0 Å². The molecule has 0 aromatic carbocycles. The number of nitrogens with two attached hydrogens (primary N) is 1. The average molecular weight is 255 g/mol. The van der Waals surface area contributed by atoms with Gasteiger partial charge in [-0.1, -0.05) is 19.8 Å². The first-order chi connectivity index (χ1) is 8.52. The van der Waals surface area contributed by atoms with E-state index in [-0.39, 0.29) is 12.0 Å². The Hall–Kier alpha value is -0.610. The van der Waals surface area contributed by atoms with Gasteiger partial charge in [-0.25, -0.2) is 0 Å². The van der Waals surface area contributed by atoms with Gasteiger partial charge in [0.15, 0.2) is 0 Å². The van der Waals surface area contributed by atoms with Crippen LogP contribution in [0.3, 0.4) is 0 Å². The Morgan fingerprint density at radius 3 is 2.89 bits per heavy atom. The van der Waals surface area contributed by atoms with Crippen LogP contribution in [0, 0.1) is 17.3 Å². The van der Waals surface area contributed by atoms with Crippen molar-refractivity contribution >= 4 is 5.97 Å². The summed E-state index contributed by atoms with van der Waals surface area (Å²) in [6.45, 7) is 5.50. The minimum atomic E-state index is -0.652. The molecule has 4 unspecified atom stereocenters. The van der Waals surface area contributed by atoms with Crippen LogP contribution in [0.25, 0.3) is 0 Å². The third-order valence-electron chi connectivity index (χ3n) is 4.48. The average Bonchev–Trinajstić information content (AvgIpc) is 2.68. The summed E-state index contributed by atoms with van der Waals surface area (Å²) in [5.74, 6) is 1.10. The molecule has 4 heteroatoms. The molecule has 1 saturated carbocycles. The minimum Gasteiger partial charge on any atom is -0.465 e. The molecule has 2 N–H and O–H groups in total. The smallest absolute Gasteiger partial charge is 0.315 e. The molecule has 0 aromatic rings. The molecule has 0 spiro atoms. The second-order valence-electron chi connectivity index (χ2n) is 6.28. The summed E-state index contributed by atoms with van der Waals surface area (Å²) in [6.07, 6.45) is 4.91. The standard InChI is InChI=1S/C14H25NO3/c1-10-4-3-5-11(6-10)7-18-13(16)14(2)9-17-8-12(14)15/h10-12H,3-9,15H2,1-2H3. The maximum Gasteiger partial charge on any atom is 0.315 e. The van der Waals surface area contributed by atoms with Crippen molar-refractivity contribution in [1.29, 1.82) is 0 Å². The molecule has 4 nitrogen and oxygen atoms in total. The lowest BCUT2D eigenvalue weighted by atomic mass is 9.82. The van der Waals surface area contributed by atoms with Gasteiger partial charge in [-0.2, -0.15) is 0 Å². The zero-order chi connectivity index (χ0) is 13.2. The topological polar surface area (TPSA) is 61.5 Å². The lowest BCUT2D eigenvalue weighted by Crippen LogP contribution is -2.45. The quantitative estimate of drug-likeness (QED) is 0.780. The van der Waals surface area contributed by atoms with E-state index in [0.717, 1.165) is 5.92 Å². The zero-order valence-electron chi connectivity index (χ0n) is 11.5. The summed E-state index contributed by atoms with van der Waals surface area (Å²) < 4.78 is 10.8. The molecular weight excluding hydrogens is 230 g/mol. The molecule has 2 fully saturated rings. The highest BCUT2D eigenvalue weighted by molar-refractivity contribution is 5.78. The fourth-order valence-corrected chi connectivity index (χ4v) is 2.97. The summed E-state index contributed by atoms with van der Waals surface area (Å²) in [5.41, 5.74) is 5.27. The number of ether oxygens (including phenoxy) is 2. The molecule has 1 heterocycles. The van der Waals surface area contributed by atoms with E-state index in [0.29, 0.717) is 25.7 Å². The summed E-state index contributed by atoms with van der Waals surface area (Å²) >= 11 is 0. The first kappa shape index (κ1) is 13.8. The molecule has 0 bridgehead atoms. The SMILES string of the molecule is CC1CCCC(COC(=O)C2(C)COCC2N)C1. The van der Waals surface area contributed by atoms with Crippen molar-refractivity contribution in [1.82, 2.24) is 0 Å². The van der Waals surface area contributed by atoms with E-state index in [2.05, 4.69) is 6.92 Å². The van der Waals surface area contributed by atoms with Gasteiger partial charge in [-0.15, -0.1) is 0 Å². The van der Waals surface area contributed by atoms with Crippen molar-refractivity contribution in [3.05, 3.63) is 0 Å². The molecule has 4 atom stereocenters. The van der Waals surface area contributed by atoms with Gasteiger partial charge < -0.3 is 15.2 Å². The van der Waals surface area contributed by atoms with Crippen molar-refractivity contribution in [2.24, 2.45) is 23.0 Å². The number of carbonyl (C=O) groups excluding carboxylic acids is 1. The van der Waals surface area contributed by atoms with E-state index in [9.17, 15) is 4.79 Å². The summed E-state index contributed by atoms with van der Waals surface area (Å²) in [7, 11) is 0. The van der Waals surface area contributed by atoms with E-state index in [4.69, 9.17) is 15.2 Å². The monoisotopic (exact) mass is 255 g/mol. The maximum atomic E-state index is 12.1. The van der Waals surface area contributed by atoms with Gasteiger partial charge in [-0.05, 0) is 31.6 Å². The van der Waals surface area contributed by atoms with Crippen LogP contribution in [0.5, 0.6) is 0 Å². The highest BCUT2D eigenvalue weighted by atomic mass is 16.5. The number of rotatable bonds is 3. The van der Waals surface area contributed by atoms with Crippen molar-refractivity contribution in [2.75, 3.05) is 19.8 Å². The highest BCUT2D eigenvalue weighted by Gasteiger charge is 2.46. The normalized spacial score (nSPS) is 40.7. The molecule has 2 aliphatic rings. The van der Waals surface area contributed by atoms with Crippen LogP contribution in [0.15, 0.2) is 0 Å². The first-order valence-electron chi connectivity index (χ1n) is 7.03. The number of esters is 1. The Balaban J connectivity index is 1.81. The van der Waals surface area contributed by atoms with Crippen LogP contribution in [0.4, 0.5) is 0 Å². The second kappa shape index (κ2) is 5.57. The van der Waals surface area contributed by atoms with Gasteiger partial charge in [0, 0.05) is 6.04 Å². The van der Waals surface area contributed by atoms with Gasteiger partial charge in [0.05, 0.1) is 19.8 Å². The fourth-order valence-electron chi connectivity index (χ4n) is 2.97. The molecule has 104 valence electrons. The second-order valence-corrected chi connectivity index (χ2v) is 6.28. The molecule has 2 rings (SSSR count). The summed E-state index contributed by atoms with van der Waals surface area (Å²) in [5, 5.41) is 0. The van der Waals surface area contributed by atoms with Crippen LogP contribution < -0.4 is 5.73 Å². The van der Waals surface area contributed by atoms with Crippen molar-refractivity contribution in [2.45, 2.75) is 45.6 Å². The summed E-state index contributed by atoms with van der Waals surface area (Å²) in [6, 6.07) is -0.240. The van der Waals surface area contributed by atoms with Gasteiger partial charge in [0.1, 0.15) is 5.41 Å². The van der Waals surface area contributed by atoms with Crippen molar-refractivity contribution in [3.8, 4) is 0 Å². The summed E-state index contributed by atoms with van der Waals surface area (Å²) in [4.78, 5) is 12.1. The van der Waals surface area contributed by atoms with Crippen LogP contribution in [-0.4, -0.2) is 31.8 Å². The van der Waals surface area contributed by atoms with E-state index < -0.39 is 5.41 Å². The predicted molar refractivity (Wildman–Crippen MR) is 69.0 cm³/mol. The lowest BCUT2D eigenvalue weighted by Gasteiger charge is -2.29. The fraction of sp³-hybridized carbons (Fsp3) is 0.929. The van der Waals surface area contributed by atoms with E-state index in [1.54, 1.807) is 0 Å². The molecular formula is C14H25NO3. The first-order valence-corrected chi connectivity index (χ1v) is 7.03. The van der Waals surface area contributed by atoms with Crippen molar-refractivity contribution in [3.63, 3.8) is 0 Å². The number of hydrogen-bond donors (Lipinski definition) is 1. The van der Waals surface area contributed by atoms with Crippen molar-refractivity contribution < 1.29 is 14.3 Å². The van der Waals surface area contributed by atoms with Crippen LogP contribution in [-0.2, 0) is 14.3 Å². The van der Waals surface area contributed by atoms with Gasteiger partial charge in [0.2, 0.25) is 0 Å². The van der Waals surface area contributed by atoms with Gasteiger partial charge >= 0.3 is 5.97 Å².